The number of amides is 1. The van der Waals surface area contributed by atoms with Gasteiger partial charge in [0.2, 0.25) is 5.88 Å². The van der Waals surface area contributed by atoms with Crippen LogP contribution >= 0.6 is 0 Å². The van der Waals surface area contributed by atoms with Gasteiger partial charge < -0.3 is 14.6 Å². The fraction of sp³-hybridized carbons (Fsp3) is 0.167. The zero-order chi connectivity index (χ0) is 16.9. The molecular formula is C18H18N4O2. The largest absolute Gasteiger partial charge is 0.481 e. The Labute approximate surface area is 140 Å². The number of hydrogen-bond donors (Lipinski definition) is 1. The van der Waals surface area contributed by atoms with E-state index in [2.05, 4.69) is 15.3 Å². The molecule has 0 saturated heterocycles. The van der Waals surface area contributed by atoms with Gasteiger partial charge in [0.15, 0.2) is 0 Å². The first-order valence-corrected chi connectivity index (χ1v) is 7.52. The molecule has 6 nitrogen and oxygen atoms in total. The minimum atomic E-state index is -0.346. The minimum Gasteiger partial charge on any atom is -0.481 e. The lowest BCUT2D eigenvalue weighted by Crippen LogP contribution is -2.31. The smallest absolute Gasteiger partial charge is 0.253 e. The second-order valence-electron chi connectivity index (χ2n) is 5.30. The summed E-state index contributed by atoms with van der Waals surface area (Å²) in [6.45, 7) is 0. The summed E-state index contributed by atoms with van der Waals surface area (Å²) in [6, 6.07) is 12.7. The summed E-state index contributed by atoms with van der Waals surface area (Å²) in [7, 11) is 3.44. The third-order valence-electron chi connectivity index (χ3n) is 3.73. The van der Waals surface area contributed by atoms with Crippen LogP contribution in [0.1, 0.15) is 27.8 Å². The molecule has 0 unspecified atom stereocenters. The van der Waals surface area contributed by atoms with Gasteiger partial charge in [0.05, 0.1) is 12.7 Å². The summed E-state index contributed by atoms with van der Waals surface area (Å²) in [6.07, 6.45) is 5.06. The van der Waals surface area contributed by atoms with Crippen molar-refractivity contribution in [1.29, 1.82) is 0 Å². The Morgan fingerprint density at radius 1 is 1.17 bits per heavy atom. The van der Waals surface area contributed by atoms with Crippen LogP contribution in [-0.4, -0.2) is 27.6 Å². The lowest BCUT2D eigenvalue weighted by atomic mass is 10.1. The topological polar surface area (TPSA) is 69.0 Å². The number of imidazole rings is 1. The number of aromatic nitrogens is 3. The van der Waals surface area contributed by atoms with Gasteiger partial charge in [-0.25, -0.2) is 9.97 Å². The van der Waals surface area contributed by atoms with Crippen LogP contribution in [-0.2, 0) is 7.05 Å². The highest BCUT2D eigenvalue weighted by Gasteiger charge is 2.21. The van der Waals surface area contributed by atoms with Crippen LogP contribution in [0.2, 0.25) is 0 Å². The maximum atomic E-state index is 12.6. The summed E-state index contributed by atoms with van der Waals surface area (Å²) < 4.78 is 6.91. The molecule has 1 atom stereocenters. The van der Waals surface area contributed by atoms with Crippen molar-refractivity contribution in [2.24, 2.45) is 7.05 Å². The molecule has 0 aliphatic carbocycles. The maximum Gasteiger partial charge on any atom is 0.253 e. The zero-order valence-corrected chi connectivity index (χ0v) is 13.5. The molecule has 0 spiro atoms. The molecule has 0 bridgehead atoms. The van der Waals surface area contributed by atoms with E-state index in [1.54, 1.807) is 18.3 Å². The molecular weight excluding hydrogens is 304 g/mol. The van der Waals surface area contributed by atoms with Crippen LogP contribution in [0.5, 0.6) is 5.88 Å². The number of aryl methyl sites for hydroxylation is 1. The molecule has 3 rings (SSSR count). The Bertz CT molecular complexity index is 813. The Balaban J connectivity index is 1.89. The summed E-state index contributed by atoms with van der Waals surface area (Å²) >= 11 is 0. The van der Waals surface area contributed by atoms with Crippen molar-refractivity contribution in [3.05, 3.63) is 78.0 Å². The number of hydrogen-bond acceptors (Lipinski definition) is 4. The fourth-order valence-electron chi connectivity index (χ4n) is 2.45. The standard InChI is InChI=1S/C18H18N4O2/c1-22-11-10-19-17(22)16(13-6-4-3-5-7-13)21-18(23)14-8-9-15(24-2)20-12-14/h3-12,16H,1-2H3,(H,21,23)/t16-/m1/s1. The van der Waals surface area contributed by atoms with Crippen LogP contribution in [0, 0.1) is 0 Å². The van der Waals surface area contributed by atoms with Gasteiger partial charge in [0.25, 0.3) is 5.91 Å². The number of carbonyl (C=O) groups is 1. The van der Waals surface area contributed by atoms with E-state index in [1.807, 2.05) is 48.1 Å². The number of benzene rings is 1. The summed E-state index contributed by atoms with van der Waals surface area (Å²) in [4.78, 5) is 21.1. The zero-order valence-electron chi connectivity index (χ0n) is 13.5. The fourth-order valence-corrected chi connectivity index (χ4v) is 2.45. The minimum absolute atomic E-state index is 0.220. The molecule has 1 N–H and O–H groups in total. The average Bonchev–Trinajstić information content (AvgIpc) is 3.06. The number of methoxy groups -OCH3 is 1. The number of rotatable bonds is 5. The molecule has 2 aromatic heterocycles. The van der Waals surface area contributed by atoms with Crippen LogP contribution in [0.25, 0.3) is 0 Å². The highest BCUT2D eigenvalue weighted by molar-refractivity contribution is 5.94. The van der Waals surface area contributed by atoms with Crippen LogP contribution in [0.4, 0.5) is 0 Å². The molecule has 0 saturated carbocycles. The number of carbonyl (C=O) groups excluding carboxylic acids is 1. The molecule has 3 aromatic rings. The average molecular weight is 322 g/mol. The van der Waals surface area contributed by atoms with E-state index < -0.39 is 0 Å². The number of nitrogens with zero attached hydrogens (tertiary/aromatic N) is 3. The summed E-state index contributed by atoms with van der Waals surface area (Å²) in [5.41, 5.74) is 1.42. The summed E-state index contributed by atoms with van der Waals surface area (Å²) in [5, 5.41) is 3.03. The molecule has 24 heavy (non-hydrogen) atoms. The third-order valence-corrected chi connectivity index (χ3v) is 3.73. The van der Waals surface area contributed by atoms with E-state index in [1.165, 1.54) is 13.3 Å². The normalized spacial score (nSPS) is 11.8. The van der Waals surface area contributed by atoms with Gasteiger partial charge in [-0.2, -0.15) is 0 Å². The van der Waals surface area contributed by atoms with Gasteiger partial charge in [-0.05, 0) is 11.6 Å². The van der Waals surface area contributed by atoms with E-state index in [4.69, 9.17) is 4.74 Å². The molecule has 0 radical (unpaired) electrons. The molecule has 2 heterocycles. The summed E-state index contributed by atoms with van der Waals surface area (Å²) in [5.74, 6) is 1.01. The van der Waals surface area contributed by atoms with Crippen molar-refractivity contribution in [3.63, 3.8) is 0 Å². The Hall–Kier alpha value is -3.15. The Morgan fingerprint density at radius 2 is 1.96 bits per heavy atom. The van der Waals surface area contributed by atoms with Gasteiger partial charge >= 0.3 is 0 Å². The monoisotopic (exact) mass is 322 g/mol. The molecule has 0 fully saturated rings. The molecule has 0 aliphatic rings. The molecule has 1 aromatic carbocycles. The van der Waals surface area contributed by atoms with Crippen molar-refractivity contribution in [2.45, 2.75) is 6.04 Å². The van der Waals surface area contributed by atoms with Gasteiger partial charge in [-0.15, -0.1) is 0 Å². The third kappa shape index (κ3) is 3.27. The van der Waals surface area contributed by atoms with Gasteiger partial charge in [0.1, 0.15) is 11.9 Å². The predicted molar refractivity (Wildman–Crippen MR) is 89.7 cm³/mol. The van der Waals surface area contributed by atoms with Crippen molar-refractivity contribution in [2.75, 3.05) is 7.11 Å². The second kappa shape index (κ2) is 6.95. The maximum absolute atomic E-state index is 12.6. The first kappa shape index (κ1) is 15.7. The van der Waals surface area contributed by atoms with E-state index in [0.717, 1.165) is 11.4 Å². The number of ether oxygens (including phenoxy) is 1. The Kier molecular flexibility index (Phi) is 4.56. The van der Waals surface area contributed by atoms with Gasteiger partial charge in [0, 0.05) is 31.7 Å². The van der Waals surface area contributed by atoms with Crippen molar-refractivity contribution in [3.8, 4) is 5.88 Å². The van der Waals surface area contributed by atoms with E-state index >= 15 is 0 Å². The lowest BCUT2D eigenvalue weighted by molar-refractivity contribution is 0.0940. The molecule has 122 valence electrons. The van der Waals surface area contributed by atoms with E-state index in [0.29, 0.717) is 11.4 Å². The molecule has 1 amide bonds. The van der Waals surface area contributed by atoms with E-state index in [-0.39, 0.29) is 11.9 Å². The van der Waals surface area contributed by atoms with Gasteiger partial charge in [-0.3, -0.25) is 4.79 Å². The van der Waals surface area contributed by atoms with Gasteiger partial charge in [-0.1, -0.05) is 30.3 Å². The first-order chi connectivity index (χ1) is 11.7. The first-order valence-electron chi connectivity index (χ1n) is 7.52. The highest BCUT2D eigenvalue weighted by Crippen LogP contribution is 2.21. The van der Waals surface area contributed by atoms with Crippen molar-refractivity contribution in [1.82, 2.24) is 19.9 Å². The van der Waals surface area contributed by atoms with Crippen LogP contribution in [0.15, 0.2) is 61.1 Å². The molecule has 6 heteroatoms. The quantitative estimate of drug-likeness (QED) is 0.783. The van der Waals surface area contributed by atoms with Crippen LogP contribution < -0.4 is 10.1 Å². The van der Waals surface area contributed by atoms with Crippen molar-refractivity contribution < 1.29 is 9.53 Å². The highest BCUT2D eigenvalue weighted by atomic mass is 16.5. The predicted octanol–water partition coefficient (Wildman–Crippen LogP) is 2.34. The Morgan fingerprint density at radius 3 is 2.54 bits per heavy atom. The SMILES string of the molecule is COc1ccc(C(=O)N[C@H](c2ccccc2)c2nccn2C)cn1. The lowest BCUT2D eigenvalue weighted by Gasteiger charge is -2.19. The number of nitrogens with one attached hydrogen (secondary N) is 1. The second-order valence-corrected chi connectivity index (χ2v) is 5.30. The number of pyridine rings is 1. The van der Waals surface area contributed by atoms with E-state index in [9.17, 15) is 4.79 Å². The van der Waals surface area contributed by atoms with Crippen molar-refractivity contribution >= 4 is 5.91 Å². The molecule has 0 aliphatic heterocycles. The van der Waals surface area contributed by atoms with Crippen LogP contribution in [0.3, 0.4) is 0 Å².